The van der Waals surface area contributed by atoms with Crippen molar-refractivity contribution in [2.24, 2.45) is 0 Å². The standard InChI is InChI=1S/2C28H34N2O2/c1-20-10-13-24(14-11-20)16-17-30(26-15-12-21(2)22(3)18-26)28(32)27(29-23(4)19-31)25-8-6-5-7-9-25;1-20-10-13-24(14-11-20)16-17-30(26-15-12-21(2)22(3)18-26)28(32)27(29-19-23(4)31)25-8-6-5-7-9-25/h2*5-15,18,23,27,29,31H,16-17,19H2,1-4H3. The number of nitrogens with one attached hydrogen (secondary N) is 2. The van der Waals surface area contributed by atoms with E-state index < -0.39 is 18.2 Å². The molecule has 6 rings (SSSR count). The highest BCUT2D eigenvalue weighted by atomic mass is 16.3. The molecule has 8 heteroatoms. The molecule has 0 spiro atoms. The van der Waals surface area contributed by atoms with E-state index in [4.69, 9.17) is 0 Å². The van der Waals surface area contributed by atoms with Crippen LogP contribution in [0.4, 0.5) is 11.4 Å². The number of hydrogen-bond donors (Lipinski definition) is 4. The Balaban J connectivity index is 0.000000241. The Morgan fingerprint density at radius 2 is 0.938 bits per heavy atom. The minimum absolute atomic E-state index is 0.0211. The van der Waals surface area contributed by atoms with Crippen LogP contribution in [0.5, 0.6) is 0 Å². The number of aryl methyl sites for hydroxylation is 6. The average molecular weight is 861 g/mol. The lowest BCUT2D eigenvalue weighted by molar-refractivity contribution is -0.121. The molecular weight excluding hydrogens is 793 g/mol. The van der Waals surface area contributed by atoms with Gasteiger partial charge in [-0.2, -0.15) is 0 Å². The minimum Gasteiger partial charge on any atom is -0.395 e. The molecule has 0 aromatic heterocycles. The number of amides is 2. The molecule has 0 saturated carbocycles. The van der Waals surface area contributed by atoms with Gasteiger partial charge in [0.25, 0.3) is 0 Å². The number of rotatable bonds is 18. The monoisotopic (exact) mass is 861 g/mol. The number of benzene rings is 6. The van der Waals surface area contributed by atoms with Crippen LogP contribution in [0.1, 0.15) is 81.6 Å². The third-order valence-corrected chi connectivity index (χ3v) is 11.7. The number of nitrogens with zero attached hydrogens (tertiary/aromatic N) is 2. The van der Waals surface area contributed by atoms with Gasteiger partial charge in [-0.3, -0.25) is 20.2 Å². The highest BCUT2D eigenvalue weighted by Crippen LogP contribution is 2.27. The van der Waals surface area contributed by atoms with Crippen LogP contribution in [-0.4, -0.2) is 60.4 Å². The Bertz CT molecular complexity index is 2370. The number of aliphatic hydroxyl groups is 2. The highest BCUT2D eigenvalue weighted by Gasteiger charge is 2.29. The van der Waals surface area contributed by atoms with Gasteiger partial charge in [-0.15, -0.1) is 0 Å². The summed E-state index contributed by atoms with van der Waals surface area (Å²) in [7, 11) is 0. The summed E-state index contributed by atoms with van der Waals surface area (Å²) in [6.45, 7) is 17.5. The second kappa shape index (κ2) is 24.2. The zero-order valence-corrected chi connectivity index (χ0v) is 39.0. The normalized spacial score (nSPS) is 12.9. The smallest absolute Gasteiger partial charge is 0.248 e. The van der Waals surface area contributed by atoms with E-state index >= 15 is 0 Å². The lowest BCUT2D eigenvalue weighted by Gasteiger charge is -2.30. The van der Waals surface area contributed by atoms with E-state index in [1.807, 2.05) is 89.5 Å². The largest absolute Gasteiger partial charge is 0.395 e. The number of carbonyl (C=O) groups excluding carboxylic acids is 2. The van der Waals surface area contributed by atoms with Gasteiger partial charge in [-0.25, -0.2) is 0 Å². The molecule has 0 heterocycles. The van der Waals surface area contributed by atoms with E-state index in [2.05, 4.69) is 125 Å². The summed E-state index contributed by atoms with van der Waals surface area (Å²) in [5, 5.41) is 26.1. The van der Waals surface area contributed by atoms with Crippen LogP contribution in [0.15, 0.2) is 146 Å². The van der Waals surface area contributed by atoms with Gasteiger partial charge >= 0.3 is 0 Å². The molecule has 0 aliphatic rings. The van der Waals surface area contributed by atoms with E-state index in [-0.39, 0.29) is 24.5 Å². The summed E-state index contributed by atoms with van der Waals surface area (Å²) < 4.78 is 0. The summed E-state index contributed by atoms with van der Waals surface area (Å²) in [6.07, 6.45) is 0.976. The zero-order valence-electron chi connectivity index (χ0n) is 39.0. The van der Waals surface area contributed by atoms with Crippen molar-refractivity contribution in [2.75, 3.05) is 36.0 Å². The van der Waals surface area contributed by atoms with Gasteiger partial charge in [0, 0.05) is 37.1 Å². The fraction of sp³-hybridized carbons (Fsp3) is 0.321. The molecule has 6 aromatic rings. The Labute approximate surface area is 382 Å². The first-order valence-corrected chi connectivity index (χ1v) is 22.5. The van der Waals surface area contributed by atoms with Crippen molar-refractivity contribution in [1.82, 2.24) is 10.6 Å². The van der Waals surface area contributed by atoms with Gasteiger partial charge in [0.1, 0.15) is 12.1 Å². The highest BCUT2D eigenvalue weighted by molar-refractivity contribution is 5.99. The zero-order chi connectivity index (χ0) is 46.2. The topological polar surface area (TPSA) is 105 Å². The Morgan fingerprint density at radius 3 is 1.33 bits per heavy atom. The Hall–Kier alpha value is -5.90. The molecule has 6 aromatic carbocycles. The average Bonchev–Trinajstić information content (AvgIpc) is 3.29. The molecule has 4 unspecified atom stereocenters. The number of carbonyl (C=O) groups is 2. The molecule has 0 bridgehead atoms. The first kappa shape index (κ1) is 49.1. The number of hydrogen-bond acceptors (Lipinski definition) is 6. The van der Waals surface area contributed by atoms with Gasteiger partial charge in [-0.05, 0) is 137 Å². The van der Waals surface area contributed by atoms with E-state index in [9.17, 15) is 19.8 Å². The van der Waals surface area contributed by atoms with Crippen LogP contribution in [0.3, 0.4) is 0 Å². The fourth-order valence-corrected chi connectivity index (χ4v) is 7.40. The van der Waals surface area contributed by atoms with Crippen molar-refractivity contribution in [3.63, 3.8) is 0 Å². The Morgan fingerprint density at radius 1 is 0.531 bits per heavy atom. The van der Waals surface area contributed by atoms with Crippen molar-refractivity contribution in [1.29, 1.82) is 0 Å². The first-order chi connectivity index (χ1) is 30.7. The summed E-state index contributed by atoms with van der Waals surface area (Å²) in [6, 6.07) is 47.4. The molecule has 336 valence electrons. The van der Waals surface area contributed by atoms with Crippen LogP contribution in [-0.2, 0) is 22.4 Å². The van der Waals surface area contributed by atoms with Gasteiger partial charge < -0.3 is 20.0 Å². The van der Waals surface area contributed by atoms with Gasteiger partial charge in [0.15, 0.2) is 0 Å². The van der Waals surface area contributed by atoms with Crippen LogP contribution in [0.2, 0.25) is 0 Å². The van der Waals surface area contributed by atoms with Crippen molar-refractivity contribution in [2.45, 2.75) is 92.5 Å². The summed E-state index contributed by atoms with van der Waals surface area (Å²) in [4.78, 5) is 31.6. The molecule has 0 aliphatic carbocycles. The van der Waals surface area contributed by atoms with E-state index in [0.29, 0.717) is 19.6 Å². The minimum atomic E-state index is -0.545. The predicted molar refractivity (Wildman–Crippen MR) is 264 cm³/mol. The molecule has 0 radical (unpaired) electrons. The van der Waals surface area contributed by atoms with Crippen molar-refractivity contribution in [3.8, 4) is 0 Å². The maximum absolute atomic E-state index is 13.9. The Kier molecular flexibility index (Phi) is 18.6. The quantitative estimate of drug-likeness (QED) is 0.0687. The summed E-state index contributed by atoms with van der Waals surface area (Å²) in [5.41, 5.74) is 13.1. The summed E-state index contributed by atoms with van der Waals surface area (Å²) in [5.74, 6) is -0.0425. The molecule has 4 N–H and O–H groups in total. The SMILES string of the molecule is Cc1ccc(CCN(C(=O)C(NC(C)CO)c2ccccc2)c2ccc(C)c(C)c2)cc1.Cc1ccc(CCN(C(=O)C(NCC(C)O)c2ccccc2)c2ccc(C)c(C)c2)cc1. The van der Waals surface area contributed by atoms with Gasteiger partial charge in [-0.1, -0.05) is 132 Å². The maximum Gasteiger partial charge on any atom is 0.248 e. The fourth-order valence-electron chi connectivity index (χ4n) is 7.40. The third-order valence-electron chi connectivity index (χ3n) is 11.7. The lowest BCUT2D eigenvalue weighted by Crippen LogP contribution is -2.45. The van der Waals surface area contributed by atoms with E-state index in [1.165, 1.54) is 33.4 Å². The van der Waals surface area contributed by atoms with E-state index in [0.717, 1.165) is 46.5 Å². The molecule has 0 aliphatic heterocycles. The molecule has 2 amide bonds. The van der Waals surface area contributed by atoms with Crippen LogP contribution in [0.25, 0.3) is 0 Å². The van der Waals surface area contributed by atoms with Gasteiger partial charge in [0.2, 0.25) is 11.8 Å². The number of anilines is 2. The van der Waals surface area contributed by atoms with E-state index in [1.54, 1.807) is 6.92 Å². The lowest BCUT2D eigenvalue weighted by atomic mass is 10.0. The third kappa shape index (κ3) is 14.3. The van der Waals surface area contributed by atoms with Crippen molar-refractivity contribution in [3.05, 3.63) is 201 Å². The number of aliphatic hydroxyl groups excluding tert-OH is 2. The second-order valence-electron chi connectivity index (χ2n) is 17.2. The molecule has 64 heavy (non-hydrogen) atoms. The predicted octanol–water partition coefficient (Wildman–Crippen LogP) is 9.80. The van der Waals surface area contributed by atoms with Crippen molar-refractivity contribution < 1.29 is 19.8 Å². The first-order valence-electron chi connectivity index (χ1n) is 22.5. The van der Waals surface area contributed by atoms with Crippen LogP contribution >= 0.6 is 0 Å². The molecule has 8 nitrogen and oxygen atoms in total. The molecular formula is C56H68N4O4. The summed E-state index contributed by atoms with van der Waals surface area (Å²) >= 11 is 0. The molecule has 4 atom stereocenters. The maximum atomic E-state index is 13.9. The molecule has 0 fully saturated rings. The van der Waals surface area contributed by atoms with Crippen LogP contribution < -0.4 is 20.4 Å². The van der Waals surface area contributed by atoms with Crippen LogP contribution in [0, 0.1) is 41.5 Å². The van der Waals surface area contributed by atoms with Gasteiger partial charge in [0.05, 0.1) is 12.7 Å². The molecule has 0 saturated heterocycles. The second-order valence-corrected chi connectivity index (χ2v) is 17.2. The van der Waals surface area contributed by atoms with Crippen molar-refractivity contribution >= 4 is 23.2 Å².